The van der Waals surface area contributed by atoms with Gasteiger partial charge in [0.25, 0.3) is 0 Å². The van der Waals surface area contributed by atoms with Gasteiger partial charge in [0.05, 0.1) is 6.42 Å². The second-order valence-electron chi connectivity index (χ2n) is 2.87. The standard InChI is InChI=1S/C9H15NO2/c1-4-5-7(2)10-9(12)6-8(3)11/h4,7H,1,5-6H2,2-3H3,(H,10,12). The van der Waals surface area contributed by atoms with E-state index < -0.39 is 0 Å². The van der Waals surface area contributed by atoms with Crippen LogP contribution < -0.4 is 5.32 Å². The Balaban J connectivity index is 3.68. The summed E-state index contributed by atoms with van der Waals surface area (Å²) in [5, 5.41) is 2.68. The SMILES string of the molecule is C=CCC(C)NC(=O)CC(C)=O. The number of nitrogens with one attached hydrogen (secondary N) is 1. The highest BCUT2D eigenvalue weighted by atomic mass is 16.2. The van der Waals surface area contributed by atoms with Gasteiger partial charge in [-0.3, -0.25) is 9.59 Å². The Kier molecular flexibility index (Phi) is 5.00. The Hall–Kier alpha value is -1.12. The molecule has 0 aromatic carbocycles. The van der Waals surface area contributed by atoms with Gasteiger partial charge in [-0.2, -0.15) is 0 Å². The predicted octanol–water partition coefficient (Wildman–Crippen LogP) is 1.05. The van der Waals surface area contributed by atoms with E-state index in [1.54, 1.807) is 6.08 Å². The van der Waals surface area contributed by atoms with Crippen molar-refractivity contribution in [3.8, 4) is 0 Å². The summed E-state index contributed by atoms with van der Waals surface area (Å²) >= 11 is 0. The first-order valence-electron chi connectivity index (χ1n) is 3.96. The summed E-state index contributed by atoms with van der Waals surface area (Å²) in [6, 6.07) is 0.0642. The highest BCUT2D eigenvalue weighted by molar-refractivity contribution is 5.96. The maximum Gasteiger partial charge on any atom is 0.227 e. The lowest BCUT2D eigenvalue weighted by Gasteiger charge is -2.10. The van der Waals surface area contributed by atoms with Gasteiger partial charge in [-0.25, -0.2) is 0 Å². The van der Waals surface area contributed by atoms with Gasteiger partial charge in [0, 0.05) is 6.04 Å². The van der Waals surface area contributed by atoms with Gasteiger partial charge in [0.15, 0.2) is 0 Å². The maximum atomic E-state index is 11.0. The normalized spacial score (nSPS) is 11.8. The Bertz CT molecular complexity index is 187. The van der Waals surface area contributed by atoms with Crippen molar-refractivity contribution in [3.05, 3.63) is 12.7 Å². The molecule has 0 saturated carbocycles. The molecule has 0 radical (unpaired) electrons. The van der Waals surface area contributed by atoms with Crippen LogP contribution in [0.15, 0.2) is 12.7 Å². The third-order valence-electron chi connectivity index (χ3n) is 1.34. The van der Waals surface area contributed by atoms with E-state index in [9.17, 15) is 9.59 Å². The Labute approximate surface area is 72.8 Å². The average Bonchev–Trinajstić information content (AvgIpc) is 1.84. The van der Waals surface area contributed by atoms with Gasteiger partial charge in [0.2, 0.25) is 5.91 Å². The molecule has 0 saturated heterocycles. The van der Waals surface area contributed by atoms with Crippen LogP contribution in [0.5, 0.6) is 0 Å². The Morgan fingerprint density at radius 2 is 2.17 bits per heavy atom. The van der Waals surface area contributed by atoms with Crippen LogP contribution in [-0.2, 0) is 9.59 Å². The van der Waals surface area contributed by atoms with Crippen molar-refractivity contribution in [2.45, 2.75) is 32.7 Å². The van der Waals surface area contributed by atoms with E-state index in [1.165, 1.54) is 6.92 Å². The number of hydrogen-bond acceptors (Lipinski definition) is 2. The van der Waals surface area contributed by atoms with Crippen molar-refractivity contribution in [1.29, 1.82) is 0 Å². The van der Waals surface area contributed by atoms with Gasteiger partial charge >= 0.3 is 0 Å². The minimum absolute atomic E-state index is 0.0263. The molecule has 12 heavy (non-hydrogen) atoms. The summed E-state index contributed by atoms with van der Waals surface area (Å²) in [7, 11) is 0. The van der Waals surface area contributed by atoms with E-state index in [0.717, 1.165) is 6.42 Å². The highest BCUT2D eigenvalue weighted by Gasteiger charge is 2.07. The molecule has 68 valence electrons. The molecule has 1 N–H and O–H groups in total. The molecule has 0 heterocycles. The quantitative estimate of drug-likeness (QED) is 0.494. The molecule has 0 spiro atoms. The smallest absolute Gasteiger partial charge is 0.227 e. The fourth-order valence-corrected chi connectivity index (χ4v) is 0.861. The third kappa shape index (κ3) is 5.65. The van der Waals surface area contributed by atoms with E-state index >= 15 is 0 Å². The Morgan fingerprint density at radius 3 is 2.58 bits per heavy atom. The fraction of sp³-hybridized carbons (Fsp3) is 0.556. The summed E-state index contributed by atoms with van der Waals surface area (Å²) in [4.78, 5) is 21.5. The minimum Gasteiger partial charge on any atom is -0.353 e. The first kappa shape index (κ1) is 10.9. The van der Waals surface area contributed by atoms with E-state index in [2.05, 4.69) is 11.9 Å². The first-order chi connectivity index (χ1) is 5.56. The fourth-order valence-electron chi connectivity index (χ4n) is 0.861. The van der Waals surface area contributed by atoms with Crippen LogP contribution in [-0.4, -0.2) is 17.7 Å². The zero-order chi connectivity index (χ0) is 9.56. The lowest BCUT2D eigenvalue weighted by Crippen LogP contribution is -2.33. The lowest BCUT2D eigenvalue weighted by molar-refractivity contribution is -0.127. The van der Waals surface area contributed by atoms with Gasteiger partial charge < -0.3 is 5.32 Å². The van der Waals surface area contributed by atoms with Gasteiger partial charge in [-0.05, 0) is 20.3 Å². The van der Waals surface area contributed by atoms with Gasteiger partial charge in [-0.1, -0.05) is 6.08 Å². The number of ketones is 1. The second kappa shape index (κ2) is 5.52. The number of rotatable bonds is 5. The van der Waals surface area contributed by atoms with Crippen LogP contribution in [0.25, 0.3) is 0 Å². The average molecular weight is 169 g/mol. The molecular formula is C9H15NO2. The number of carbonyl (C=O) groups is 2. The lowest BCUT2D eigenvalue weighted by atomic mass is 10.2. The third-order valence-corrected chi connectivity index (χ3v) is 1.34. The van der Waals surface area contributed by atoms with E-state index in [1.807, 2.05) is 6.92 Å². The van der Waals surface area contributed by atoms with Crippen molar-refractivity contribution in [2.75, 3.05) is 0 Å². The van der Waals surface area contributed by atoms with Gasteiger partial charge in [-0.15, -0.1) is 6.58 Å². The molecule has 1 amide bonds. The van der Waals surface area contributed by atoms with E-state index in [-0.39, 0.29) is 24.2 Å². The number of Topliss-reactive ketones (excluding diaryl/α,β-unsaturated/α-hetero) is 1. The number of carbonyl (C=O) groups excluding carboxylic acids is 2. The van der Waals surface area contributed by atoms with Crippen molar-refractivity contribution in [2.24, 2.45) is 0 Å². The zero-order valence-corrected chi connectivity index (χ0v) is 7.59. The molecule has 0 bridgehead atoms. The second-order valence-corrected chi connectivity index (χ2v) is 2.87. The van der Waals surface area contributed by atoms with Crippen LogP contribution in [0.4, 0.5) is 0 Å². The van der Waals surface area contributed by atoms with Gasteiger partial charge in [0.1, 0.15) is 5.78 Å². The van der Waals surface area contributed by atoms with Crippen LogP contribution in [0, 0.1) is 0 Å². The zero-order valence-electron chi connectivity index (χ0n) is 7.59. The van der Waals surface area contributed by atoms with E-state index in [4.69, 9.17) is 0 Å². The summed E-state index contributed by atoms with van der Waals surface area (Å²) in [6.07, 6.45) is 2.43. The van der Waals surface area contributed by atoms with Crippen molar-refractivity contribution in [1.82, 2.24) is 5.32 Å². The monoisotopic (exact) mass is 169 g/mol. The van der Waals surface area contributed by atoms with Crippen molar-refractivity contribution in [3.63, 3.8) is 0 Å². The molecule has 3 heteroatoms. The summed E-state index contributed by atoms with van der Waals surface area (Å²) in [5.41, 5.74) is 0. The minimum atomic E-state index is -0.211. The highest BCUT2D eigenvalue weighted by Crippen LogP contribution is 1.92. The van der Waals surface area contributed by atoms with Crippen LogP contribution in [0.3, 0.4) is 0 Å². The molecule has 0 aromatic heterocycles. The largest absolute Gasteiger partial charge is 0.353 e. The Morgan fingerprint density at radius 1 is 1.58 bits per heavy atom. The molecular weight excluding hydrogens is 154 g/mol. The van der Waals surface area contributed by atoms with Crippen LogP contribution in [0.1, 0.15) is 26.7 Å². The summed E-state index contributed by atoms with van der Waals surface area (Å²) in [5.74, 6) is -0.324. The molecule has 0 aromatic rings. The number of hydrogen-bond donors (Lipinski definition) is 1. The van der Waals surface area contributed by atoms with Crippen molar-refractivity contribution < 1.29 is 9.59 Å². The molecule has 0 fully saturated rings. The maximum absolute atomic E-state index is 11.0. The molecule has 0 aliphatic carbocycles. The van der Waals surface area contributed by atoms with E-state index in [0.29, 0.717) is 0 Å². The molecule has 0 aliphatic heterocycles. The van der Waals surface area contributed by atoms with Crippen LogP contribution >= 0.6 is 0 Å². The van der Waals surface area contributed by atoms with Crippen LogP contribution in [0.2, 0.25) is 0 Å². The first-order valence-corrected chi connectivity index (χ1v) is 3.96. The van der Waals surface area contributed by atoms with Crippen molar-refractivity contribution >= 4 is 11.7 Å². The molecule has 0 rings (SSSR count). The summed E-state index contributed by atoms with van der Waals surface area (Å²) < 4.78 is 0. The topological polar surface area (TPSA) is 46.2 Å². The predicted molar refractivity (Wildman–Crippen MR) is 47.7 cm³/mol. The molecule has 1 unspecified atom stereocenters. The molecule has 3 nitrogen and oxygen atoms in total. The molecule has 1 atom stereocenters. The molecule has 0 aliphatic rings. The number of amides is 1. The summed E-state index contributed by atoms with van der Waals surface area (Å²) in [6.45, 7) is 6.83.